The third-order valence-corrected chi connectivity index (χ3v) is 7.20. The number of benzene rings is 2. The number of rotatable bonds is 9. The van der Waals surface area contributed by atoms with Gasteiger partial charge in [-0.15, -0.1) is 11.8 Å². The fraction of sp³-hybridized carbons (Fsp3) is 0.240. The highest BCUT2D eigenvalue weighted by molar-refractivity contribution is 7.98. The second kappa shape index (κ2) is 10.5. The summed E-state index contributed by atoms with van der Waals surface area (Å²) in [6, 6.07) is 14.2. The lowest BCUT2D eigenvalue weighted by Crippen LogP contribution is -2.05. The first kappa shape index (κ1) is 26.0. The average molecular weight is 545 g/mol. The lowest BCUT2D eigenvalue weighted by atomic mass is 10.0. The number of thioether (sulfide) groups is 1. The van der Waals surface area contributed by atoms with Crippen molar-refractivity contribution < 1.29 is 17.7 Å². The molecule has 0 aliphatic rings. The maximum atomic E-state index is 12.0. The van der Waals surface area contributed by atoms with Gasteiger partial charge in [0.2, 0.25) is 5.82 Å². The van der Waals surface area contributed by atoms with E-state index in [-0.39, 0.29) is 27.6 Å². The molecule has 0 unspecified atom stereocenters. The van der Waals surface area contributed by atoms with E-state index in [0.29, 0.717) is 28.6 Å². The molecule has 0 amide bonds. The van der Waals surface area contributed by atoms with Crippen LogP contribution in [0.1, 0.15) is 31.0 Å². The van der Waals surface area contributed by atoms with E-state index in [2.05, 4.69) is 30.6 Å². The number of ether oxygens (including phenoxy) is 1. The van der Waals surface area contributed by atoms with E-state index in [4.69, 9.17) is 26.0 Å². The first-order chi connectivity index (χ1) is 17.1. The number of hydrogen-bond acceptors (Lipinski definition) is 8. The molecule has 0 atom stereocenters. The van der Waals surface area contributed by atoms with Crippen molar-refractivity contribution in [1.29, 1.82) is 0 Å². The molecular weight excluding hydrogens is 520 g/mol. The summed E-state index contributed by atoms with van der Waals surface area (Å²) in [6.07, 6.45) is 3.06. The molecular formula is C25H25ClN4O4S2. The first-order valence-electron chi connectivity index (χ1n) is 10.9. The molecule has 0 saturated heterocycles. The van der Waals surface area contributed by atoms with E-state index in [1.54, 1.807) is 16.8 Å². The monoisotopic (exact) mass is 544 g/mol. The van der Waals surface area contributed by atoms with Gasteiger partial charge in [0.15, 0.2) is 9.84 Å². The highest BCUT2D eigenvalue weighted by Crippen LogP contribution is 2.37. The number of halogens is 1. The molecule has 0 spiro atoms. The number of nitrogens with zero attached hydrogens (tertiary/aromatic N) is 4. The zero-order chi connectivity index (χ0) is 26.0. The molecule has 0 aliphatic carbocycles. The van der Waals surface area contributed by atoms with Gasteiger partial charge in [0.05, 0.1) is 10.6 Å². The summed E-state index contributed by atoms with van der Waals surface area (Å²) >= 11 is 8.33. The second-order valence-electron chi connectivity index (χ2n) is 8.33. The Kier molecular flexibility index (Phi) is 7.58. The van der Waals surface area contributed by atoms with Gasteiger partial charge in [0, 0.05) is 11.8 Å². The van der Waals surface area contributed by atoms with E-state index in [9.17, 15) is 8.42 Å². The SMILES string of the molecule is C=C(OCSC)c1nn(-c2ccccc2C(C)C)c(-c2noc(-c3cccc(S(C)(=O)=O)c3)n2)c1Cl. The molecule has 0 bridgehead atoms. The fourth-order valence-corrected chi connectivity index (χ4v) is 4.84. The van der Waals surface area contributed by atoms with Crippen LogP contribution in [-0.4, -0.2) is 46.8 Å². The summed E-state index contributed by atoms with van der Waals surface area (Å²) < 4.78 is 36.9. The second-order valence-corrected chi connectivity index (χ2v) is 11.5. The van der Waals surface area contributed by atoms with Crippen LogP contribution in [0.2, 0.25) is 5.02 Å². The minimum Gasteiger partial charge on any atom is -0.481 e. The Bertz CT molecular complexity index is 1530. The maximum Gasteiger partial charge on any atom is 0.258 e. The summed E-state index contributed by atoms with van der Waals surface area (Å²) in [5, 5.41) is 9.15. The molecule has 2 aromatic carbocycles. The van der Waals surface area contributed by atoms with Gasteiger partial charge in [-0.05, 0) is 42.0 Å². The molecule has 4 aromatic rings. The molecule has 0 N–H and O–H groups in total. The Morgan fingerprint density at radius 1 is 1.22 bits per heavy atom. The molecule has 0 radical (unpaired) electrons. The largest absolute Gasteiger partial charge is 0.481 e. The van der Waals surface area contributed by atoms with E-state index in [1.165, 1.54) is 23.9 Å². The Balaban J connectivity index is 1.88. The van der Waals surface area contributed by atoms with E-state index < -0.39 is 9.84 Å². The number of para-hydroxylation sites is 1. The van der Waals surface area contributed by atoms with Crippen LogP contribution in [0.5, 0.6) is 0 Å². The molecule has 36 heavy (non-hydrogen) atoms. The van der Waals surface area contributed by atoms with Crippen molar-refractivity contribution in [2.24, 2.45) is 0 Å². The van der Waals surface area contributed by atoms with Crippen LogP contribution in [0.4, 0.5) is 0 Å². The summed E-state index contributed by atoms with van der Waals surface area (Å²) in [5.74, 6) is 1.25. The molecule has 0 saturated carbocycles. The van der Waals surface area contributed by atoms with E-state index >= 15 is 0 Å². The normalized spacial score (nSPS) is 11.7. The van der Waals surface area contributed by atoms with E-state index in [0.717, 1.165) is 17.5 Å². The van der Waals surface area contributed by atoms with Gasteiger partial charge in [-0.25, -0.2) is 13.1 Å². The van der Waals surface area contributed by atoms with Crippen LogP contribution in [0.25, 0.3) is 34.4 Å². The van der Waals surface area contributed by atoms with Crippen molar-refractivity contribution in [2.75, 3.05) is 18.5 Å². The number of hydrogen-bond donors (Lipinski definition) is 0. The topological polar surface area (TPSA) is 100 Å². The van der Waals surface area contributed by atoms with Gasteiger partial charge in [0.25, 0.3) is 5.89 Å². The van der Waals surface area contributed by atoms with Gasteiger partial charge in [-0.2, -0.15) is 10.1 Å². The smallest absolute Gasteiger partial charge is 0.258 e. The van der Waals surface area contributed by atoms with Crippen LogP contribution in [-0.2, 0) is 14.6 Å². The van der Waals surface area contributed by atoms with E-state index in [1.807, 2.05) is 30.5 Å². The summed E-state index contributed by atoms with van der Waals surface area (Å²) in [7, 11) is -3.41. The predicted octanol–water partition coefficient (Wildman–Crippen LogP) is 6.08. The molecule has 11 heteroatoms. The van der Waals surface area contributed by atoms with Crippen LogP contribution in [0.15, 0.2) is 64.5 Å². The Morgan fingerprint density at radius 3 is 2.67 bits per heavy atom. The Hall–Kier alpha value is -3.08. The standard InChI is InChI=1S/C25H25ClN4O4S2/c1-15(2)19-11-6-7-12-20(19)30-23(21(26)22(28-30)16(3)33-14-35-4)24-27-25(34-29-24)17-9-8-10-18(13-17)36(5,31)32/h6-13,15H,3,14H2,1-2,4-5H3. The van der Waals surface area contributed by atoms with Crippen molar-refractivity contribution in [3.63, 3.8) is 0 Å². The first-order valence-corrected chi connectivity index (χ1v) is 14.6. The summed E-state index contributed by atoms with van der Waals surface area (Å²) in [4.78, 5) is 4.69. The molecule has 2 heterocycles. The molecule has 8 nitrogen and oxygen atoms in total. The third-order valence-electron chi connectivity index (χ3n) is 5.38. The van der Waals surface area contributed by atoms with Crippen molar-refractivity contribution in [1.82, 2.24) is 19.9 Å². The average Bonchev–Trinajstić information content (AvgIpc) is 3.46. The molecule has 0 fully saturated rings. The Labute approximate surface area is 219 Å². The van der Waals surface area contributed by atoms with Crippen LogP contribution in [0, 0.1) is 0 Å². The van der Waals surface area contributed by atoms with Crippen molar-refractivity contribution in [3.05, 3.63) is 71.4 Å². The van der Waals surface area contributed by atoms with Crippen molar-refractivity contribution in [2.45, 2.75) is 24.7 Å². The fourth-order valence-electron chi connectivity index (χ4n) is 3.61. The highest BCUT2D eigenvalue weighted by atomic mass is 35.5. The van der Waals surface area contributed by atoms with Crippen LogP contribution >= 0.6 is 23.4 Å². The predicted molar refractivity (Wildman–Crippen MR) is 143 cm³/mol. The van der Waals surface area contributed by atoms with Crippen molar-refractivity contribution >= 4 is 39.0 Å². The molecule has 4 rings (SSSR count). The van der Waals surface area contributed by atoms with Gasteiger partial charge < -0.3 is 9.26 Å². The van der Waals surface area contributed by atoms with Gasteiger partial charge in [-0.1, -0.05) is 61.4 Å². The third kappa shape index (κ3) is 5.21. The zero-order valence-corrected chi connectivity index (χ0v) is 22.6. The quantitative estimate of drug-likeness (QED) is 0.185. The summed E-state index contributed by atoms with van der Waals surface area (Å²) in [6.45, 7) is 8.17. The number of aromatic nitrogens is 4. The molecule has 0 aliphatic heterocycles. The van der Waals surface area contributed by atoms with Crippen LogP contribution < -0.4 is 0 Å². The lowest BCUT2D eigenvalue weighted by Gasteiger charge is -2.14. The van der Waals surface area contributed by atoms with Gasteiger partial charge in [-0.3, -0.25) is 0 Å². The van der Waals surface area contributed by atoms with Crippen LogP contribution in [0.3, 0.4) is 0 Å². The minimum absolute atomic E-state index is 0.149. The minimum atomic E-state index is -3.41. The maximum absolute atomic E-state index is 12.0. The summed E-state index contributed by atoms with van der Waals surface area (Å²) in [5.41, 5.74) is 3.09. The molecule has 2 aromatic heterocycles. The van der Waals surface area contributed by atoms with Gasteiger partial charge in [0.1, 0.15) is 28.1 Å². The molecule has 188 valence electrons. The lowest BCUT2D eigenvalue weighted by molar-refractivity contribution is 0.348. The van der Waals surface area contributed by atoms with Crippen molar-refractivity contribution in [3.8, 4) is 28.7 Å². The number of sulfone groups is 1. The highest BCUT2D eigenvalue weighted by Gasteiger charge is 2.27. The zero-order valence-electron chi connectivity index (χ0n) is 20.2. The van der Waals surface area contributed by atoms with Gasteiger partial charge >= 0.3 is 0 Å². The Morgan fingerprint density at radius 2 is 1.97 bits per heavy atom.